The summed E-state index contributed by atoms with van der Waals surface area (Å²) in [5, 5.41) is 11.8. The topological polar surface area (TPSA) is 71.3 Å². The molecule has 1 heterocycles. The third-order valence-electron chi connectivity index (χ3n) is 5.40. The molecule has 31 heavy (non-hydrogen) atoms. The van der Waals surface area contributed by atoms with Crippen LogP contribution in [0.2, 0.25) is 0 Å². The van der Waals surface area contributed by atoms with E-state index in [-0.39, 0.29) is 12.3 Å². The number of anilines is 1. The fourth-order valence-corrected chi connectivity index (χ4v) is 3.91. The Kier molecular flexibility index (Phi) is 8.05. The molecule has 162 valence electrons. The van der Waals surface area contributed by atoms with Gasteiger partial charge in [0, 0.05) is 36.1 Å². The smallest absolute Gasteiger partial charge is 0.303 e. The summed E-state index contributed by atoms with van der Waals surface area (Å²) in [6.07, 6.45) is 6.56. The predicted octanol–water partition coefficient (Wildman–Crippen LogP) is 6.00. The van der Waals surface area contributed by atoms with Gasteiger partial charge in [0.05, 0.1) is 5.56 Å². The standard InChI is InChI=1S/C26H30N2O3/c1-2-23-25(20-13-7-5-8-14-20)22(26(31)27-21-15-9-6-10-16-21)19-28(23)18-12-4-3-11-17-24(29)30/h5-10,13-16,19H,2-4,11-12,17-18H2,1H3,(H,27,31)(H,29,30). The van der Waals surface area contributed by atoms with Crippen molar-refractivity contribution in [2.45, 2.75) is 52.0 Å². The number of amides is 1. The van der Waals surface area contributed by atoms with E-state index in [9.17, 15) is 9.59 Å². The van der Waals surface area contributed by atoms with Crippen LogP contribution in [0.15, 0.2) is 66.9 Å². The number of carboxylic acid groups (broad SMARTS) is 1. The highest BCUT2D eigenvalue weighted by Gasteiger charge is 2.21. The van der Waals surface area contributed by atoms with Crippen molar-refractivity contribution < 1.29 is 14.7 Å². The predicted molar refractivity (Wildman–Crippen MR) is 124 cm³/mol. The first kappa shape index (κ1) is 22.3. The second-order valence-electron chi connectivity index (χ2n) is 7.66. The van der Waals surface area contributed by atoms with Gasteiger partial charge in [-0.05, 0) is 37.0 Å². The van der Waals surface area contributed by atoms with Gasteiger partial charge in [-0.15, -0.1) is 0 Å². The lowest BCUT2D eigenvalue weighted by atomic mass is 10.00. The SMILES string of the molecule is CCc1c(-c2ccccc2)c(C(=O)Nc2ccccc2)cn1CCCCCCC(=O)O. The van der Waals surface area contributed by atoms with E-state index in [0.717, 1.165) is 54.7 Å². The lowest BCUT2D eigenvalue weighted by Crippen LogP contribution is -2.12. The van der Waals surface area contributed by atoms with Crippen molar-refractivity contribution in [3.05, 3.63) is 78.1 Å². The number of benzene rings is 2. The molecule has 0 aliphatic rings. The van der Waals surface area contributed by atoms with E-state index >= 15 is 0 Å². The third kappa shape index (κ3) is 6.07. The minimum Gasteiger partial charge on any atom is -0.481 e. The third-order valence-corrected chi connectivity index (χ3v) is 5.40. The molecule has 5 heteroatoms. The number of rotatable bonds is 11. The molecular formula is C26H30N2O3. The molecule has 0 aliphatic carbocycles. The summed E-state index contributed by atoms with van der Waals surface area (Å²) in [6, 6.07) is 19.6. The maximum atomic E-state index is 13.2. The average Bonchev–Trinajstić information content (AvgIpc) is 3.16. The van der Waals surface area contributed by atoms with E-state index in [1.54, 1.807) is 0 Å². The summed E-state index contributed by atoms with van der Waals surface area (Å²) in [7, 11) is 0. The van der Waals surface area contributed by atoms with E-state index in [0.29, 0.717) is 12.0 Å². The molecule has 5 nitrogen and oxygen atoms in total. The minimum atomic E-state index is -0.736. The summed E-state index contributed by atoms with van der Waals surface area (Å²) in [6.45, 7) is 2.93. The number of aromatic nitrogens is 1. The van der Waals surface area contributed by atoms with Crippen LogP contribution >= 0.6 is 0 Å². The molecule has 0 aliphatic heterocycles. The molecular weight excluding hydrogens is 388 g/mol. The van der Waals surface area contributed by atoms with Crippen LogP contribution in [0.5, 0.6) is 0 Å². The fraction of sp³-hybridized carbons (Fsp3) is 0.308. The van der Waals surface area contributed by atoms with Crippen molar-refractivity contribution in [3.63, 3.8) is 0 Å². The Bertz CT molecular complexity index is 994. The van der Waals surface area contributed by atoms with Gasteiger partial charge in [-0.3, -0.25) is 9.59 Å². The van der Waals surface area contributed by atoms with Gasteiger partial charge in [-0.2, -0.15) is 0 Å². The number of para-hydroxylation sites is 1. The second kappa shape index (κ2) is 11.2. The Morgan fingerprint density at radius 3 is 2.19 bits per heavy atom. The number of aryl methyl sites for hydroxylation is 1. The van der Waals surface area contributed by atoms with Crippen LogP contribution in [0.4, 0.5) is 5.69 Å². The first-order valence-corrected chi connectivity index (χ1v) is 11.0. The normalized spacial score (nSPS) is 10.7. The van der Waals surface area contributed by atoms with Gasteiger partial charge >= 0.3 is 5.97 Å². The molecule has 0 bridgehead atoms. The molecule has 0 unspecified atom stereocenters. The van der Waals surface area contributed by atoms with Crippen LogP contribution in [-0.4, -0.2) is 21.6 Å². The highest BCUT2D eigenvalue weighted by atomic mass is 16.4. The average molecular weight is 419 g/mol. The molecule has 1 aromatic heterocycles. The van der Waals surface area contributed by atoms with Gasteiger partial charge in [0.15, 0.2) is 0 Å². The van der Waals surface area contributed by atoms with Crippen molar-refractivity contribution in [3.8, 4) is 11.1 Å². The fourth-order valence-electron chi connectivity index (χ4n) is 3.91. The summed E-state index contributed by atoms with van der Waals surface area (Å²) in [5.74, 6) is -0.847. The number of aliphatic carboxylic acids is 1. The van der Waals surface area contributed by atoms with Crippen molar-refractivity contribution in [1.29, 1.82) is 0 Å². The number of carboxylic acids is 1. The van der Waals surface area contributed by atoms with Crippen molar-refractivity contribution >= 4 is 17.6 Å². The van der Waals surface area contributed by atoms with E-state index in [2.05, 4.69) is 16.8 Å². The van der Waals surface area contributed by atoms with Gasteiger partial charge in [-0.1, -0.05) is 68.3 Å². The molecule has 3 aromatic rings. The molecule has 2 N–H and O–H groups in total. The van der Waals surface area contributed by atoms with Crippen molar-refractivity contribution in [2.75, 3.05) is 5.32 Å². The number of carbonyl (C=O) groups excluding carboxylic acids is 1. The van der Waals surface area contributed by atoms with E-state index in [1.807, 2.05) is 66.9 Å². The van der Waals surface area contributed by atoms with Gasteiger partial charge in [0.2, 0.25) is 0 Å². The van der Waals surface area contributed by atoms with Crippen molar-refractivity contribution in [2.24, 2.45) is 0 Å². The summed E-state index contributed by atoms with van der Waals surface area (Å²) in [5.41, 5.74) is 4.63. The number of unbranched alkanes of at least 4 members (excludes halogenated alkanes) is 3. The molecule has 0 radical (unpaired) electrons. The van der Waals surface area contributed by atoms with E-state index in [1.165, 1.54) is 0 Å². The molecule has 0 saturated carbocycles. The monoisotopic (exact) mass is 418 g/mol. The molecule has 2 aromatic carbocycles. The van der Waals surface area contributed by atoms with E-state index < -0.39 is 5.97 Å². The number of nitrogens with zero attached hydrogens (tertiary/aromatic N) is 1. The first-order valence-electron chi connectivity index (χ1n) is 11.0. The Morgan fingerprint density at radius 2 is 1.55 bits per heavy atom. The maximum absolute atomic E-state index is 13.2. The van der Waals surface area contributed by atoms with Crippen LogP contribution in [-0.2, 0) is 17.8 Å². The van der Waals surface area contributed by atoms with Gasteiger partial charge < -0.3 is 15.0 Å². The maximum Gasteiger partial charge on any atom is 0.303 e. The summed E-state index contributed by atoms with van der Waals surface area (Å²) < 4.78 is 2.19. The number of carbonyl (C=O) groups is 2. The first-order chi connectivity index (χ1) is 15.1. The number of nitrogens with one attached hydrogen (secondary N) is 1. The zero-order chi connectivity index (χ0) is 22.1. The Labute approximate surface area is 183 Å². The van der Waals surface area contributed by atoms with Gasteiger partial charge in [-0.25, -0.2) is 0 Å². The van der Waals surface area contributed by atoms with Crippen molar-refractivity contribution in [1.82, 2.24) is 4.57 Å². The molecule has 3 rings (SSSR count). The van der Waals surface area contributed by atoms with Crippen LogP contribution in [0.1, 0.15) is 55.1 Å². The molecule has 0 fully saturated rings. The highest BCUT2D eigenvalue weighted by molar-refractivity contribution is 6.09. The zero-order valence-electron chi connectivity index (χ0n) is 18.0. The largest absolute Gasteiger partial charge is 0.481 e. The van der Waals surface area contributed by atoms with Crippen LogP contribution in [0, 0.1) is 0 Å². The molecule has 0 saturated heterocycles. The summed E-state index contributed by atoms with van der Waals surface area (Å²) >= 11 is 0. The number of hydrogen-bond acceptors (Lipinski definition) is 2. The Hall–Kier alpha value is -3.34. The minimum absolute atomic E-state index is 0.111. The lowest BCUT2D eigenvalue weighted by molar-refractivity contribution is -0.137. The second-order valence-corrected chi connectivity index (χ2v) is 7.66. The van der Waals surface area contributed by atoms with Crippen LogP contribution in [0.25, 0.3) is 11.1 Å². The lowest BCUT2D eigenvalue weighted by Gasteiger charge is -2.11. The number of hydrogen-bond donors (Lipinski definition) is 2. The molecule has 0 atom stereocenters. The van der Waals surface area contributed by atoms with Gasteiger partial charge in [0.1, 0.15) is 0 Å². The van der Waals surface area contributed by atoms with Crippen LogP contribution in [0.3, 0.4) is 0 Å². The quantitative estimate of drug-likeness (QED) is 0.375. The summed E-state index contributed by atoms with van der Waals surface area (Å²) in [4.78, 5) is 23.9. The van der Waals surface area contributed by atoms with E-state index in [4.69, 9.17) is 5.11 Å². The molecule has 0 spiro atoms. The van der Waals surface area contributed by atoms with Crippen LogP contribution < -0.4 is 5.32 Å². The Balaban J connectivity index is 1.83. The zero-order valence-corrected chi connectivity index (χ0v) is 18.0. The molecule has 1 amide bonds. The highest BCUT2D eigenvalue weighted by Crippen LogP contribution is 2.31. The Morgan fingerprint density at radius 1 is 0.903 bits per heavy atom. The van der Waals surface area contributed by atoms with Gasteiger partial charge in [0.25, 0.3) is 5.91 Å².